The SMILES string of the molecule is NCc1ccc(N2CCCc3ccccc3C2)cc1F. The van der Waals surface area contributed by atoms with E-state index in [1.165, 1.54) is 11.1 Å². The third kappa shape index (κ3) is 2.54. The Kier molecular flexibility index (Phi) is 3.70. The van der Waals surface area contributed by atoms with Gasteiger partial charge >= 0.3 is 0 Å². The van der Waals surface area contributed by atoms with E-state index < -0.39 is 0 Å². The number of aryl methyl sites for hydroxylation is 1. The molecule has 1 heterocycles. The molecule has 0 saturated carbocycles. The Labute approximate surface area is 119 Å². The van der Waals surface area contributed by atoms with Gasteiger partial charge in [-0.25, -0.2) is 4.39 Å². The lowest BCUT2D eigenvalue weighted by atomic mass is 10.0. The van der Waals surface area contributed by atoms with Crippen LogP contribution in [0.5, 0.6) is 0 Å². The van der Waals surface area contributed by atoms with Crippen LogP contribution in [0.15, 0.2) is 42.5 Å². The Morgan fingerprint density at radius 3 is 2.65 bits per heavy atom. The highest BCUT2D eigenvalue weighted by atomic mass is 19.1. The van der Waals surface area contributed by atoms with Crippen LogP contribution in [0, 0.1) is 5.82 Å². The number of halogens is 1. The maximum atomic E-state index is 13.9. The van der Waals surface area contributed by atoms with Crippen molar-refractivity contribution in [2.45, 2.75) is 25.9 Å². The number of anilines is 1. The second-order valence-electron chi connectivity index (χ2n) is 5.27. The van der Waals surface area contributed by atoms with E-state index in [1.54, 1.807) is 12.1 Å². The topological polar surface area (TPSA) is 29.3 Å². The van der Waals surface area contributed by atoms with E-state index in [0.717, 1.165) is 31.6 Å². The summed E-state index contributed by atoms with van der Waals surface area (Å²) in [6.45, 7) is 2.04. The number of hydrogen-bond donors (Lipinski definition) is 1. The number of benzene rings is 2. The molecule has 2 aromatic carbocycles. The Morgan fingerprint density at radius 1 is 1.10 bits per heavy atom. The molecule has 3 rings (SSSR count). The molecule has 1 aliphatic rings. The number of hydrogen-bond acceptors (Lipinski definition) is 2. The quantitative estimate of drug-likeness (QED) is 0.907. The minimum Gasteiger partial charge on any atom is -0.367 e. The third-order valence-electron chi connectivity index (χ3n) is 3.98. The monoisotopic (exact) mass is 270 g/mol. The average molecular weight is 270 g/mol. The van der Waals surface area contributed by atoms with Crippen molar-refractivity contribution in [3.05, 3.63) is 65.0 Å². The van der Waals surface area contributed by atoms with Crippen molar-refractivity contribution in [3.63, 3.8) is 0 Å². The summed E-state index contributed by atoms with van der Waals surface area (Å²) < 4.78 is 13.9. The summed E-state index contributed by atoms with van der Waals surface area (Å²) in [4.78, 5) is 2.25. The fourth-order valence-electron chi connectivity index (χ4n) is 2.82. The van der Waals surface area contributed by atoms with Gasteiger partial charge in [-0.15, -0.1) is 0 Å². The molecular weight excluding hydrogens is 251 g/mol. The molecule has 0 bridgehead atoms. The fourth-order valence-corrected chi connectivity index (χ4v) is 2.82. The van der Waals surface area contributed by atoms with Gasteiger partial charge in [0.15, 0.2) is 0 Å². The normalized spacial score (nSPS) is 14.8. The highest BCUT2D eigenvalue weighted by Gasteiger charge is 2.15. The molecule has 0 atom stereocenters. The number of nitrogens with zero attached hydrogens (tertiary/aromatic N) is 1. The Bertz CT molecular complexity index is 610. The van der Waals surface area contributed by atoms with E-state index in [9.17, 15) is 4.39 Å². The van der Waals surface area contributed by atoms with E-state index in [-0.39, 0.29) is 12.4 Å². The lowest BCUT2D eigenvalue weighted by molar-refractivity contribution is 0.609. The van der Waals surface area contributed by atoms with Crippen LogP contribution in [-0.2, 0) is 19.5 Å². The molecule has 104 valence electrons. The highest BCUT2D eigenvalue weighted by Crippen LogP contribution is 2.25. The molecule has 20 heavy (non-hydrogen) atoms. The number of rotatable bonds is 2. The first kappa shape index (κ1) is 13.1. The predicted molar refractivity (Wildman–Crippen MR) is 80.1 cm³/mol. The van der Waals surface area contributed by atoms with Crippen molar-refractivity contribution in [2.75, 3.05) is 11.4 Å². The first-order valence-electron chi connectivity index (χ1n) is 7.08. The minimum atomic E-state index is -0.206. The molecule has 2 N–H and O–H groups in total. The second kappa shape index (κ2) is 5.63. The summed E-state index contributed by atoms with van der Waals surface area (Å²) in [6, 6.07) is 13.9. The van der Waals surface area contributed by atoms with Gasteiger partial charge in [0, 0.05) is 30.9 Å². The molecule has 3 heteroatoms. The van der Waals surface area contributed by atoms with E-state index in [0.29, 0.717) is 5.56 Å². The van der Waals surface area contributed by atoms with Gasteiger partial charge in [-0.05, 0) is 36.1 Å². The smallest absolute Gasteiger partial charge is 0.129 e. The molecule has 0 aliphatic carbocycles. The van der Waals surface area contributed by atoms with Gasteiger partial charge in [0.2, 0.25) is 0 Å². The van der Waals surface area contributed by atoms with E-state index >= 15 is 0 Å². The lowest BCUT2D eigenvalue weighted by Gasteiger charge is -2.23. The van der Waals surface area contributed by atoms with Crippen molar-refractivity contribution in [2.24, 2.45) is 5.73 Å². The summed E-state index contributed by atoms with van der Waals surface area (Å²) in [5.74, 6) is -0.206. The Balaban J connectivity index is 1.89. The zero-order valence-corrected chi connectivity index (χ0v) is 11.5. The third-order valence-corrected chi connectivity index (χ3v) is 3.98. The van der Waals surface area contributed by atoms with Crippen LogP contribution in [0.4, 0.5) is 10.1 Å². The van der Waals surface area contributed by atoms with Crippen LogP contribution < -0.4 is 10.6 Å². The van der Waals surface area contributed by atoms with Crippen molar-refractivity contribution >= 4 is 5.69 Å². The van der Waals surface area contributed by atoms with Gasteiger partial charge in [0.25, 0.3) is 0 Å². The average Bonchev–Trinajstić information content (AvgIpc) is 2.69. The Morgan fingerprint density at radius 2 is 1.90 bits per heavy atom. The molecule has 0 fully saturated rings. The van der Waals surface area contributed by atoms with Crippen LogP contribution in [0.2, 0.25) is 0 Å². The molecule has 1 aliphatic heterocycles. The van der Waals surface area contributed by atoms with Gasteiger partial charge in [-0.1, -0.05) is 30.3 Å². The molecule has 0 spiro atoms. The molecular formula is C17H19FN2. The zero-order chi connectivity index (χ0) is 13.9. The van der Waals surface area contributed by atoms with Crippen LogP contribution >= 0.6 is 0 Å². The lowest BCUT2D eigenvalue weighted by Crippen LogP contribution is -2.22. The summed E-state index contributed by atoms with van der Waals surface area (Å²) in [5.41, 5.74) is 9.78. The van der Waals surface area contributed by atoms with Gasteiger partial charge < -0.3 is 10.6 Å². The largest absolute Gasteiger partial charge is 0.367 e. The maximum Gasteiger partial charge on any atom is 0.129 e. The molecule has 0 radical (unpaired) electrons. The van der Waals surface area contributed by atoms with Gasteiger partial charge in [0.1, 0.15) is 5.82 Å². The fraction of sp³-hybridized carbons (Fsp3) is 0.294. The molecule has 2 nitrogen and oxygen atoms in total. The number of fused-ring (bicyclic) bond motifs is 1. The van der Waals surface area contributed by atoms with Gasteiger partial charge in [-0.2, -0.15) is 0 Å². The standard InChI is InChI=1S/C17H19FN2/c18-17-10-16(8-7-14(17)11-19)20-9-3-6-13-4-1-2-5-15(13)12-20/h1-2,4-5,7-8,10H,3,6,9,11-12,19H2. The number of nitrogens with two attached hydrogens (primary N) is 1. The maximum absolute atomic E-state index is 13.9. The van der Waals surface area contributed by atoms with E-state index in [2.05, 4.69) is 29.2 Å². The summed E-state index contributed by atoms with van der Waals surface area (Å²) in [7, 11) is 0. The minimum absolute atomic E-state index is 0.206. The molecule has 0 unspecified atom stereocenters. The summed E-state index contributed by atoms with van der Waals surface area (Å²) >= 11 is 0. The zero-order valence-electron chi connectivity index (χ0n) is 11.5. The van der Waals surface area contributed by atoms with Crippen LogP contribution in [-0.4, -0.2) is 6.54 Å². The van der Waals surface area contributed by atoms with Gasteiger partial charge in [-0.3, -0.25) is 0 Å². The van der Waals surface area contributed by atoms with E-state index in [4.69, 9.17) is 5.73 Å². The van der Waals surface area contributed by atoms with Crippen molar-refractivity contribution in [1.29, 1.82) is 0 Å². The van der Waals surface area contributed by atoms with Crippen molar-refractivity contribution < 1.29 is 4.39 Å². The molecule has 0 aromatic heterocycles. The van der Waals surface area contributed by atoms with Crippen LogP contribution in [0.25, 0.3) is 0 Å². The van der Waals surface area contributed by atoms with Crippen LogP contribution in [0.3, 0.4) is 0 Å². The van der Waals surface area contributed by atoms with Crippen LogP contribution in [0.1, 0.15) is 23.1 Å². The second-order valence-corrected chi connectivity index (χ2v) is 5.27. The van der Waals surface area contributed by atoms with Gasteiger partial charge in [0.05, 0.1) is 0 Å². The molecule has 2 aromatic rings. The highest BCUT2D eigenvalue weighted by molar-refractivity contribution is 5.50. The first-order valence-corrected chi connectivity index (χ1v) is 7.08. The Hall–Kier alpha value is -1.87. The summed E-state index contributed by atoms with van der Waals surface area (Å²) in [6.07, 6.45) is 2.19. The first-order chi connectivity index (χ1) is 9.78. The van der Waals surface area contributed by atoms with Crippen molar-refractivity contribution in [1.82, 2.24) is 0 Å². The molecule has 0 amide bonds. The molecule has 0 saturated heterocycles. The van der Waals surface area contributed by atoms with Crippen molar-refractivity contribution in [3.8, 4) is 0 Å². The van der Waals surface area contributed by atoms with E-state index in [1.807, 2.05) is 6.07 Å². The predicted octanol–water partition coefficient (Wildman–Crippen LogP) is 3.24. The summed E-state index contributed by atoms with van der Waals surface area (Å²) in [5, 5.41) is 0.